The number of benzene rings is 1. The zero-order valence-electron chi connectivity index (χ0n) is 14.5. The van der Waals surface area contributed by atoms with Gasteiger partial charge >= 0.3 is 5.97 Å². The van der Waals surface area contributed by atoms with Crippen LogP contribution in [0.3, 0.4) is 0 Å². The molecule has 0 N–H and O–H groups in total. The lowest BCUT2D eigenvalue weighted by atomic mass is 9.84. The molecule has 1 aromatic rings. The number of sulfonamides is 1. The minimum atomic E-state index is -3.57. The molecule has 0 bridgehead atoms. The fourth-order valence-corrected chi connectivity index (χ4v) is 6.41. The molecule has 1 saturated heterocycles. The number of methoxy groups -OCH3 is 1. The smallest absolute Gasteiger partial charge is 0.320 e. The molecule has 2 fully saturated rings. The number of esters is 1. The summed E-state index contributed by atoms with van der Waals surface area (Å²) in [4.78, 5) is 12.0. The lowest BCUT2D eigenvalue weighted by Crippen LogP contribution is -2.44. The molecule has 1 atom stereocenters. The van der Waals surface area contributed by atoms with Gasteiger partial charge in [0.2, 0.25) is 10.0 Å². The number of hydrogen-bond donors (Lipinski definition) is 0. The van der Waals surface area contributed by atoms with E-state index >= 15 is 0 Å². The Kier molecular flexibility index (Phi) is 6.07. The van der Waals surface area contributed by atoms with Crippen LogP contribution in [-0.2, 0) is 19.6 Å². The lowest BCUT2D eigenvalue weighted by Gasteiger charge is -2.30. The van der Waals surface area contributed by atoms with Crippen LogP contribution in [0.5, 0.6) is 0 Å². The first kappa shape index (κ1) is 18.7. The molecule has 7 heteroatoms. The second kappa shape index (κ2) is 8.10. The van der Waals surface area contributed by atoms with Crippen molar-refractivity contribution in [3.63, 3.8) is 0 Å². The summed E-state index contributed by atoms with van der Waals surface area (Å²) >= 11 is 1.45. The SMILES string of the molecule is COC(=O)[C@@H]1CN(S(=O)(=O)c2ccc(C3CCCCC3)cc2)CCS1. The van der Waals surface area contributed by atoms with E-state index in [1.165, 1.54) is 60.8 Å². The van der Waals surface area contributed by atoms with Gasteiger partial charge in [0.05, 0.1) is 12.0 Å². The van der Waals surface area contributed by atoms with Crippen LogP contribution in [0, 0.1) is 0 Å². The topological polar surface area (TPSA) is 63.7 Å². The quantitative estimate of drug-likeness (QED) is 0.748. The molecule has 1 saturated carbocycles. The Morgan fingerprint density at radius 2 is 1.84 bits per heavy atom. The van der Waals surface area contributed by atoms with Crippen molar-refractivity contribution in [3.05, 3.63) is 29.8 Å². The number of carbonyl (C=O) groups is 1. The first-order valence-corrected chi connectivity index (χ1v) is 11.3. The van der Waals surface area contributed by atoms with Crippen LogP contribution in [0.2, 0.25) is 0 Å². The maximum absolute atomic E-state index is 12.9. The molecule has 138 valence electrons. The summed E-state index contributed by atoms with van der Waals surface area (Å²) in [6.07, 6.45) is 6.19. The normalized spacial score (nSPS) is 23.3. The van der Waals surface area contributed by atoms with Crippen molar-refractivity contribution in [1.29, 1.82) is 0 Å². The fourth-order valence-electron chi connectivity index (χ4n) is 3.62. The summed E-state index contributed by atoms with van der Waals surface area (Å²) < 4.78 is 32.0. The molecule has 1 aromatic carbocycles. The summed E-state index contributed by atoms with van der Waals surface area (Å²) in [6.45, 7) is 0.592. The molecule has 1 aliphatic heterocycles. The lowest BCUT2D eigenvalue weighted by molar-refractivity contribution is -0.140. The van der Waals surface area contributed by atoms with Crippen molar-refractivity contribution in [2.45, 2.75) is 48.2 Å². The number of rotatable bonds is 4. The van der Waals surface area contributed by atoms with E-state index in [1.807, 2.05) is 12.1 Å². The van der Waals surface area contributed by atoms with E-state index in [0.717, 1.165) is 0 Å². The maximum atomic E-state index is 12.9. The van der Waals surface area contributed by atoms with Crippen molar-refractivity contribution in [1.82, 2.24) is 4.31 Å². The molecular weight excluding hydrogens is 358 g/mol. The monoisotopic (exact) mass is 383 g/mol. The number of ether oxygens (including phenoxy) is 1. The van der Waals surface area contributed by atoms with E-state index in [2.05, 4.69) is 0 Å². The predicted octanol–water partition coefficient (Wildman–Crippen LogP) is 3.01. The van der Waals surface area contributed by atoms with Crippen LogP contribution in [0.1, 0.15) is 43.6 Å². The van der Waals surface area contributed by atoms with Gasteiger partial charge in [0, 0.05) is 18.8 Å². The third kappa shape index (κ3) is 4.20. The number of thioether (sulfide) groups is 1. The number of nitrogens with zero attached hydrogens (tertiary/aromatic N) is 1. The van der Waals surface area contributed by atoms with E-state index in [0.29, 0.717) is 23.1 Å². The van der Waals surface area contributed by atoms with Crippen LogP contribution < -0.4 is 0 Å². The van der Waals surface area contributed by atoms with Crippen molar-refractivity contribution in [2.24, 2.45) is 0 Å². The van der Waals surface area contributed by atoms with Gasteiger partial charge in [-0.1, -0.05) is 31.4 Å². The van der Waals surface area contributed by atoms with Gasteiger partial charge in [-0.3, -0.25) is 4.79 Å². The number of hydrogen-bond acceptors (Lipinski definition) is 5. The largest absolute Gasteiger partial charge is 0.468 e. The van der Waals surface area contributed by atoms with Gasteiger partial charge < -0.3 is 4.74 Å². The Morgan fingerprint density at radius 1 is 1.16 bits per heavy atom. The van der Waals surface area contributed by atoms with Gasteiger partial charge in [-0.15, -0.1) is 11.8 Å². The molecule has 25 heavy (non-hydrogen) atoms. The third-order valence-electron chi connectivity index (χ3n) is 5.09. The molecule has 0 radical (unpaired) electrons. The molecule has 0 amide bonds. The molecule has 5 nitrogen and oxygen atoms in total. The van der Waals surface area contributed by atoms with Crippen molar-refractivity contribution < 1.29 is 17.9 Å². The molecule has 1 aliphatic carbocycles. The van der Waals surface area contributed by atoms with Crippen LogP contribution >= 0.6 is 11.8 Å². The molecule has 2 aliphatic rings. The summed E-state index contributed by atoms with van der Waals surface area (Å²) in [5, 5.41) is -0.449. The average Bonchev–Trinajstić information content (AvgIpc) is 2.68. The summed E-state index contributed by atoms with van der Waals surface area (Å²) in [5.74, 6) is 0.789. The van der Waals surface area contributed by atoms with Crippen LogP contribution in [0.4, 0.5) is 0 Å². The highest BCUT2D eigenvalue weighted by atomic mass is 32.2. The summed E-state index contributed by atoms with van der Waals surface area (Å²) in [5.41, 5.74) is 1.24. The summed E-state index contributed by atoms with van der Waals surface area (Å²) in [7, 11) is -2.24. The maximum Gasteiger partial charge on any atom is 0.320 e. The van der Waals surface area contributed by atoms with Gasteiger partial charge in [0.15, 0.2) is 0 Å². The minimum Gasteiger partial charge on any atom is -0.468 e. The van der Waals surface area contributed by atoms with Crippen LogP contribution in [-0.4, -0.2) is 49.9 Å². The van der Waals surface area contributed by atoms with E-state index in [4.69, 9.17) is 4.74 Å². The molecule has 0 aromatic heterocycles. The van der Waals surface area contributed by atoms with Crippen molar-refractivity contribution in [3.8, 4) is 0 Å². The highest BCUT2D eigenvalue weighted by Gasteiger charge is 2.34. The van der Waals surface area contributed by atoms with E-state index in [-0.39, 0.29) is 12.5 Å². The first-order chi connectivity index (χ1) is 12.0. The Hall–Kier alpha value is -1.05. The third-order valence-corrected chi connectivity index (χ3v) is 8.13. The first-order valence-electron chi connectivity index (χ1n) is 8.82. The Balaban J connectivity index is 1.74. The Labute approximate surface area is 154 Å². The number of carbonyl (C=O) groups excluding carboxylic acids is 1. The standard InChI is InChI=1S/C18H25NO4S2/c1-23-18(20)17-13-19(11-12-24-17)25(21,22)16-9-7-15(8-10-16)14-5-3-2-4-6-14/h7-10,14,17H,2-6,11-13H2,1H3/t17-/m0/s1. The van der Waals surface area contributed by atoms with Gasteiger partial charge in [-0.25, -0.2) is 8.42 Å². The molecular formula is C18H25NO4S2. The highest BCUT2D eigenvalue weighted by molar-refractivity contribution is 8.00. The van der Waals surface area contributed by atoms with Gasteiger partial charge in [-0.2, -0.15) is 4.31 Å². The second-order valence-corrected chi connectivity index (χ2v) is 9.90. The van der Waals surface area contributed by atoms with Gasteiger partial charge in [-0.05, 0) is 36.5 Å². The summed E-state index contributed by atoms with van der Waals surface area (Å²) in [6, 6.07) is 7.35. The highest BCUT2D eigenvalue weighted by Crippen LogP contribution is 2.33. The second-order valence-electron chi connectivity index (χ2n) is 6.65. The van der Waals surface area contributed by atoms with Gasteiger partial charge in [0.1, 0.15) is 5.25 Å². The fraction of sp³-hybridized carbons (Fsp3) is 0.611. The Bertz CT molecular complexity index is 696. The Morgan fingerprint density at radius 3 is 2.48 bits per heavy atom. The molecule has 1 heterocycles. The minimum absolute atomic E-state index is 0.171. The van der Waals surface area contributed by atoms with E-state index in [9.17, 15) is 13.2 Å². The predicted molar refractivity (Wildman–Crippen MR) is 99.3 cm³/mol. The zero-order chi connectivity index (χ0) is 17.9. The van der Waals surface area contributed by atoms with Crippen molar-refractivity contribution >= 4 is 27.8 Å². The van der Waals surface area contributed by atoms with Gasteiger partial charge in [0.25, 0.3) is 0 Å². The zero-order valence-corrected chi connectivity index (χ0v) is 16.2. The molecule has 0 spiro atoms. The van der Waals surface area contributed by atoms with Crippen LogP contribution in [0.15, 0.2) is 29.2 Å². The average molecular weight is 384 g/mol. The van der Waals surface area contributed by atoms with E-state index < -0.39 is 15.3 Å². The molecule has 0 unspecified atom stereocenters. The van der Waals surface area contributed by atoms with Crippen molar-refractivity contribution in [2.75, 3.05) is 26.0 Å². The van der Waals surface area contributed by atoms with Crippen LogP contribution in [0.25, 0.3) is 0 Å². The van der Waals surface area contributed by atoms with E-state index in [1.54, 1.807) is 12.1 Å². The molecule has 3 rings (SSSR count).